The van der Waals surface area contributed by atoms with Crippen LogP contribution in [0.2, 0.25) is 0 Å². The van der Waals surface area contributed by atoms with Crippen LogP contribution in [0.3, 0.4) is 0 Å². The van der Waals surface area contributed by atoms with Gasteiger partial charge < -0.3 is 5.32 Å². The molecule has 3 rings (SSSR count). The first kappa shape index (κ1) is 14.1. The summed E-state index contributed by atoms with van der Waals surface area (Å²) >= 11 is 0. The number of anilines is 1. The van der Waals surface area contributed by atoms with Crippen molar-refractivity contribution in [3.63, 3.8) is 0 Å². The minimum Gasteiger partial charge on any atom is -0.322 e. The van der Waals surface area contributed by atoms with Crippen LogP contribution in [-0.2, 0) is 13.1 Å². The first-order valence-electron chi connectivity index (χ1n) is 7.15. The number of rotatable bonds is 5. The zero-order valence-corrected chi connectivity index (χ0v) is 12.3. The lowest BCUT2D eigenvalue weighted by Gasteiger charge is -2.07. The van der Waals surface area contributed by atoms with Gasteiger partial charge in [-0.1, -0.05) is 12.1 Å². The zero-order valence-electron chi connectivity index (χ0n) is 12.3. The van der Waals surface area contributed by atoms with Gasteiger partial charge in [0.15, 0.2) is 0 Å². The largest absolute Gasteiger partial charge is 0.322 e. The lowest BCUT2D eigenvalue weighted by atomic mass is 10.2. The number of hydrogen-bond donors (Lipinski definition) is 1. The van der Waals surface area contributed by atoms with Gasteiger partial charge in [0.2, 0.25) is 0 Å². The predicted octanol–water partition coefficient (Wildman–Crippen LogP) is 2.40. The summed E-state index contributed by atoms with van der Waals surface area (Å²) in [7, 11) is 0. The van der Waals surface area contributed by atoms with Crippen LogP contribution in [0.15, 0.2) is 55.1 Å². The number of nitrogens with zero attached hydrogens (tertiary/aromatic N) is 4. The molecular weight excluding hydrogens is 278 g/mol. The fourth-order valence-electron chi connectivity index (χ4n) is 2.19. The quantitative estimate of drug-likeness (QED) is 0.786. The molecule has 0 saturated carbocycles. The summed E-state index contributed by atoms with van der Waals surface area (Å²) in [5.41, 5.74) is 2.39. The summed E-state index contributed by atoms with van der Waals surface area (Å²) < 4.78 is 3.56. The minimum absolute atomic E-state index is 0.157. The Morgan fingerprint density at radius 1 is 1.23 bits per heavy atom. The summed E-state index contributed by atoms with van der Waals surface area (Å²) in [4.78, 5) is 12.2. The van der Waals surface area contributed by atoms with E-state index < -0.39 is 0 Å². The molecule has 0 aliphatic heterocycles. The van der Waals surface area contributed by atoms with Gasteiger partial charge in [-0.15, -0.1) is 0 Å². The molecule has 0 bridgehead atoms. The van der Waals surface area contributed by atoms with Crippen molar-refractivity contribution >= 4 is 11.6 Å². The molecule has 6 nitrogen and oxygen atoms in total. The van der Waals surface area contributed by atoms with E-state index in [-0.39, 0.29) is 5.91 Å². The molecular formula is C16H17N5O. The molecule has 6 heteroatoms. The van der Waals surface area contributed by atoms with Gasteiger partial charge in [-0.05, 0) is 30.7 Å². The Hall–Kier alpha value is -2.89. The molecule has 1 aromatic carbocycles. The van der Waals surface area contributed by atoms with Crippen molar-refractivity contribution in [1.82, 2.24) is 19.6 Å². The van der Waals surface area contributed by atoms with E-state index in [9.17, 15) is 4.79 Å². The zero-order chi connectivity index (χ0) is 15.4. The molecule has 0 aliphatic rings. The van der Waals surface area contributed by atoms with Gasteiger partial charge >= 0.3 is 0 Å². The highest BCUT2D eigenvalue weighted by Gasteiger charge is 2.09. The molecule has 3 aromatic rings. The first-order chi connectivity index (χ1) is 10.7. The van der Waals surface area contributed by atoms with Gasteiger partial charge in [-0.3, -0.25) is 14.2 Å². The van der Waals surface area contributed by atoms with Crippen molar-refractivity contribution < 1.29 is 4.79 Å². The van der Waals surface area contributed by atoms with E-state index in [2.05, 4.69) is 15.5 Å². The van der Waals surface area contributed by atoms with Crippen LogP contribution in [0.5, 0.6) is 0 Å². The standard InChI is InChI=1S/C16H17N5O/c1-2-20-12-14(10-18-20)16(22)19-15-6-3-5-13(9-15)11-21-8-4-7-17-21/h3-10,12H,2,11H2,1H3,(H,19,22). The molecule has 0 radical (unpaired) electrons. The molecule has 0 fully saturated rings. The van der Waals surface area contributed by atoms with Crippen molar-refractivity contribution in [3.05, 3.63) is 66.2 Å². The summed E-state index contributed by atoms with van der Waals surface area (Å²) in [6, 6.07) is 9.63. The van der Waals surface area contributed by atoms with Crippen LogP contribution in [0.25, 0.3) is 0 Å². The van der Waals surface area contributed by atoms with E-state index >= 15 is 0 Å². The SMILES string of the molecule is CCn1cc(C(=O)Nc2cccc(Cn3cccn3)c2)cn1. The molecule has 0 atom stereocenters. The van der Waals surface area contributed by atoms with E-state index in [0.717, 1.165) is 17.8 Å². The van der Waals surface area contributed by atoms with Crippen LogP contribution in [0.1, 0.15) is 22.8 Å². The van der Waals surface area contributed by atoms with Gasteiger partial charge in [0.25, 0.3) is 5.91 Å². The maximum atomic E-state index is 12.2. The van der Waals surface area contributed by atoms with E-state index in [1.165, 1.54) is 0 Å². The third kappa shape index (κ3) is 3.22. The molecule has 0 saturated heterocycles. The Morgan fingerprint density at radius 2 is 2.14 bits per heavy atom. The smallest absolute Gasteiger partial charge is 0.258 e. The second-order valence-corrected chi connectivity index (χ2v) is 4.94. The summed E-state index contributed by atoms with van der Waals surface area (Å²) in [6.45, 7) is 3.39. The van der Waals surface area contributed by atoms with Gasteiger partial charge in [0, 0.05) is 30.8 Å². The van der Waals surface area contributed by atoms with Crippen LogP contribution in [-0.4, -0.2) is 25.5 Å². The van der Waals surface area contributed by atoms with Crippen LogP contribution in [0, 0.1) is 0 Å². The molecule has 2 aromatic heterocycles. The van der Waals surface area contributed by atoms with E-state index in [1.807, 2.05) is 48.1 Å². The first-order valence-corrected chi connectivity index (χ1v) is 7.15. The van der Waals surface area contributed by atoms with Crippen molar-refractivity contribution in [2.45, 2.75) is 20.0 Å². The second kappa shape index (κ2) is 6.26. The number of aryl methyl sites for hydroxylation is 1. The summed E-state index contributed by atoms with van der Waals surface area (Å²) in [6.07, 6.45) is 6.97. The monoisotopic (exact) mass is 295 g/mol. The second-order valence-electron chi connectivity index (χ2n) is 4.94. The van der Waals surface area contributed by atoms with Crippen LogP contribution >= 0.6 is 0 Å². The highest BCUT2D eigenvalue weighted by Crippen LogP contribution is 2.13. The third-order valence-electron chi connectivity index (χ3n) is 3.31. The Kier molecular flexibility index (Phi) is 4.00. The average molecular weight is 295 g/mol. The van der Waals surface area contributed by atoms with Crippen LogP contribution < -0.4 is 5.32 Å². The maximum absolute atomic E-state index is 12.2. The Labute approximate surface area is 128 Å². The van der Waals surface area contributed by atoms with Crippen LogP contribution in [0.4, 0.5) is 5.69 Å². The Bertz CT molecular complexity index is 760. The number of aromatic nitrogens is 4. The van der Waals surface area contributed by atoms with Gasteiger partial charge in [-0.2, -0.15) is 10.2 Å². The minimum atomic E-state index is -0.157. The Balaban J connectivity index is 1.70. The number of benzene rings is 1. The molecule has 1 amide bonds. The van der Waals surface area contributed by atoms with E-state index in [0.29, 0.717) is 12.1 Å². The molecule has 0 unspecified atom stereocenters. The van der Waals surface area contributed by atoms with Gasteiger partial charge in [-0.25, -0.2) is 0 Å². The summed E-state index contributed by atoms with van der Waals surface area (Å²) in [5, 5.41) is 11.2. The lowest BCUT2D eigenvalue weighted by Crippen LogP contribution is -2.11. The molecule has 22 heavy (non-hydrogen) atoms. The highest BCUT2D eigenvalue weighted by atomic mass is 16.1. The molecule has 112 valence electrons. The normalized spacial score (nSPS) is 10.6. The van der Waals surface area contributed by atoms with Crippen molar-refractivity contribution in [2.24, 2.45) is 0 Å². The number of nitrogens with one attached hydrogen (secondary N) is 1. The van der Waals surface area contributed by atoms with Gasteiger partial charge in [0.1, 0.15) is 0 Å². The molecule has 2 heterocycles. The van der Waals surface area contributed by atoms with Gasteiger partial charge in [0.05, 0.1) is 18.3 Å². The van der Waals surface area contributed by atoms with Crippen molar-refractivity contribution in [1.29, 1.82) is 0 Å². The molecule has 0 spiro atoms. The lowest BCUT2D eigenvalue weighted by molar-refractivity contribution is 0.102. The topological polar surface area (TPSA) is 64.7 Å². The van der Waals surface area contributed by atoms with E-state index in [1.54, 1.807) is 23.3 Å². The van der Waals surface area contributed by atoms with E-state index in [4.69, 9.17) is 0 Å². The average Bonchev–Trinajstić information content (AvgIpc) is 3.18. The molecule has 1 N–H and O–H groups in total. The number of carbonyl (C=O) groups excluding carboxylic acids is 1. The predicted molar refractivity (Wildman–Crippen MR) is 83.6 cm³/mol. The summed E-state index contributed by atoms with van der Waals surface area (Å²) in [5.74, 6) is -0.157. The number of amides is 1. The maximum Gasteiger partial charge on any atom is 0.258 e. The fourth-order valence-corrected chi connectivity index (χ4v) is 2.19. The molecule has 0 aliphatic carbocycles. The van der Waals surface area contributed by atoms with Crippen molar-refractivity contribution in [3.8, 4) is 0 Å². The van der Waals surface area contributed by atoms with Crippen molar-refractivity contribution in [2.75, 3.05) is 5.32 Å². The number of carbonyl (C=O) groups is 1. The highest BCUT2D eigenvalue weighted by molar-refractivity contribution is 6.03. The Morgan fingerprint density at radius 3 is 2.86 bits per heavy atom. The fraction of sp³-hybridized carbons (Fsp3) is 0.188. The number of hydrogen-bond acceptors (Lipinski definition) is 3. The third-order valence-corrected chi connectivity index (χ3v) is 3.31.